The average molecular weight is 253 g/mol. The van der Waals surface area contributed by atoms with E-state index in [4.69, 9.17) is 0 Å². The first kappa shape index (κ1) is 11.1. The Labute approximate surface area is 109 Å². The van der Waals surface area contributed by atoms with Gasteiger partial charge in [-0.05, 0) is 22.9 Å². The van der Waals surface area contributed by atoms with Gasteiger partial charge < -0.3 is 0 Å². The number of pyridine rings is 1. The Kier molecular flexibility index (Phi) is 2.90. The van der Waals surface area contributed by atoms with Gasteiger partial charge in [0, 0.05) is 34.6 Å². The Bertz CT molecular complexity index is 683. The Morgan fingerprint density at radius 3 is 2.94 bits per heavy atom. The highest BCUT2D eigenvalue weighted by Gasteiger charge is 2.11. The van der Waals surface area contributed by atoms with Crippen LogP contribution in [0.5, 0.6) is 0 Å². The lowest BCUT2D eigenvalue weighted by molar-refractivity contribution is 0.0995. The molecule has 0 amide bonds. The van der Waals surface area contributed by atoms with Crippen molar-refractivity contribution in [3.05, 3.63) is 64.6 Å². The lowest BCUT2D eigenvalue weighted by atomic mass is 10.0. The summed E-state index contributed by atoms with van der Waals surface area (Å²) in [6, 6.07) is 11.7. The molecule has 3 rings (SSSR count). The first-order valence-electron chi connectivity index (χ1n) is 5.73. The predicted molar refractivity (Wildman–Crippen MR) is 74.1 cm³/mol. The molecule has 18 heavy (non-hydrogen) atoms. The van der Waals surface area contributed by atoms with Crippen molar-refractivity contribution in [1.29, 1.82) is 0 Å². The van der Waals surface area contributed by atoms with E-state index in [0.717, 1.165) is 21.2 Å². The van der Waals surface area contributed by atoms with Gasteiger partial charge in [-0.1, -0.05) is 24.3 Å². The SMILES string of the molecule is O=C(Cc1cccs1)c1cccc2ccncc12. The van der Waals surface area contributed by atoms with E-state index in [1.54, 1.807) is 23.7 Å². The number of hydrogen-bond donors (Lipinski definition) is 0. The first-order chi connectivity index (χ1) is 8.84. The van der Waals surface area contributed by atoms with Gasteiger partial charge in [-0.25, -0.2) is 0 Å². The molecule has 2 nitrogen and oxygen atoms in total. The molecule has 0 N–H and O–H groups in total. The van der Waals surface area contributed by atoms with Crippen LogP contribution in [0.2, 0.25) is 0 Å². The number of carbonyl (C=O) groups is 1. The van der Waals surface area contributed by atoms with Crippen molar-refractivity contribution in [2.24, 2.45) is 0 Å². The maximum atomic E-state index is 12.3. The minimum atomic E-state index is 0.149. The third-order valence-corrected chi connectivity index (χ3v) is 3.78. The van der Waals surface area contributed by atoms with Gasteiger partial charge in [0.25, 0.3) is 0 Å². The summed E-state index contributed by atoms with van der Waals surface area (Å²) in [7, 11) is 0. The standard InChI is InChI=1S/C15H11NOS/c17-15(9-12-4-2-8-18-12)13-5-1-3-11-6-7-16-10-14(11)13/h1-8,10H,9H2. The molecule has 1 aromatic carbocycles. The zero-order valence-corrected chi connectivity index (χ0v) is 10.5. The summed E-state index contributed by atoms with van der Waals surface area (Å²) in [5, 5.41) is 3.98. The maximum Gasteiger partial charge on any atom is 0.168 e. The van der Waals surface area contributed by atoms with Gasteiger partial charge >= 0.3 is 0 Å². The molecule has 0 radical (unpaired) electrons. The lowest BCUT2D eigenvalue weighted by Gasteiger charge is -2.04. The number of benzene rings is 1. The highest BCUT2D eigenvalue weighted by Crippen LogP contribution is 2.20. The number of aromatic nitrogens is 1. The molecule has 3 aromatic rings. The van der Waals surface area contributed by atoms with Crippen molar-refractivity contribution >= 4 is 27.9 Å². The predicted octanol–water partition coefficient (Wildman–Crippen LogP) is 3.72. The monoisotopic (exact) mass is 253 g/mol. The fraction of sp³-hybridized carbons (Fsp3) is 0.0667. The highest BCUT2D eigenvalue weighted by atomic mass is 32.1. The van der Waals surface area contributed by atoms with E-state index < -0.39 is 0 Å². The molecular formula is C15H11NOS. The van der Waals surface area contributed by atoms with Crippen molar-refractivity contribution in [2.45, 2.75) is 6.42 Å². The van der Waals surface area contributed by atoms with Crippen LogP contribution in [-0.4, -0.2) is 10.8 Å². The molecule has 0 saturated carbocycles. The van der Waals surface area contributed by atoms with E-state index in [9.17, 15) is 4.79 Å². The van der Waals surface area contributed by atoms with Gasteiger partial charge in [-0.3, -0.25) is 9.78 Å². The Hall–Kier alpha value is -2.00. The molecule has 0 bridgehead atoms. The number of hydrogen-bond acceptors (Lipinski definition) is 3. The second-order valence-corrected chi connectivity index (χ2v) is 5.11. The molecule has 0 fully saturated rings. The largest absolute Gasteiger partial charge is 0.294 e. The summed E-state index contributed by atoms with van der Waals surface area (Å²) in [5.41, 5.74) is 0.758. The number of ketones is 1. The van der Waals surface area contributed by atoms with Crippen LogP contribution in [0.15, 0.2) is 54.2 Å². The van der Waals surface area contributed by atoms with Gasteiger partial charge in [-0.15, -0.1) is 11.3 Å². The molecule has 3 heteroatoms. The van der Waals surface area contributed by atoms with Crippen LogP contribution in [0, 0.1) is 0 Å². The number of carbonyl (C=O) groups excluding carboxylic acids is 1. The van der Waals surface area contributed by atoms with E-state index in [1.165, 1.54) is 0 Å². The molecule has 2 heterocycles. The Morgan fingerprint density at radius 2 is 2.11 bits per heavy atom. The summed E-state index contributed by atoms with van der Waals surface area (Å²) >= 11 is 1.61. The molecule has 0 spiro atoms. The fourth-order valence-electron chi connectivity index (χ4n) is 2.02. The van der Waals surface area contributed by atoms with E-state index in [0.29, 0.717) is 6.42 Å². The molecule has 0 atom stereocenters. The van der Waals surface area contributed by atoms with Gasteiger partial charge in [0.05, 0.1) is 0 Å². The number of Topliss-reactive ketones (excluding diaryl/α,β-unsaturated/α-hetero) is 1. The van der Waals surface area contributed by atoms with Crippen LogP contribution in [-0.2, 0) is 6.42 Å². The molecule has 2 aromatic heterocycles. The molecule has 0 saturated heterocycles. The average Bonchev–Trinajstić information content (AvgIpc) is 2.91. The van der Waals surface area contributed by atoms with Gasteiger partial charge in [-0.2, -0.15) is 0 Å². The number of nitrogens with zero attached hydrogens (tertiary/aromatic N) is 1. The molecule has 0 aliphatic heterocycles. The quantitative estimate of drug-likeness (QED) is 0.666. The van der Waals surface area contributed by atoms with Crippen LogP contribution >= 0.6 is 11.3 Å². The van der Waals surface area contributed by atoms with Gasteiger partial charge in [0.15, 0.2) is 5.78 Å². The molecule has 88 valence electrons. The number of thiophene rings is 1. The summed E-state index contributed by atoms with van der Waals surface area (Å²) in [6.45, 7) is 0. The van der Waals surface area contributed by atoms with Crippen molar-refractivity contribution < 1.29 is 4.79 Å². The fourth-order valence-corrected chi connectivity index (χ4v) is 2.73. The van der Waals surface area contributed by atoms with Crippen LogP contribution < -0.4 is 0 Å². The zero-order chi connectivity index (χ0) is 12.4. The minimum Gasteiger partial charge on any atom is -0.294 e. The maximum absolute atomic E-state index is 12.3. The summed E-state index contributed by atoms with van der Waals surface area (Å²) < 4.78 is 0. The van der Waals surface area contributed by atoms with Crippen LogP contribution in [0.1, 0.15) is 15.2 Å². The Morgan fingerprint density at radius 1 is 1.17 bits per heavy atom. The number of fused-ring (bicyclic) bond motifs is 1. The zero-order valence-electron chi connectivity index (χ0n) is 9.67. The third-order valence-electron chi connectivity index (χ3n) is 2.90. The second kappa shape index (κ2) is 4.70. The first-order valence-corrected chi connectivity index (χ1v) is 6.61. The van der Waals surface area contributed by atoms with Crippen molar-refractivity contribution in [2.75, 3.05) is 0 Å². The second-order valence-electron chi connectivity index (χ2n) is 4.08. The smallest absolute Gasteiger partial charge is 0.168 e. The van der Waals surface area contributed by atoms with E-state index in [-0.39, 0.29) is 5.78 Å². The Balaban J connectivity index is 2.01. The lowest BCUT2D eigenvalue weighted by Crippen LogP contribution is -2.03. The van der Waals surface area contributed by atoms with Gasteiger partial charge in [0.2, 0.25) is 0 Å². The van der Waals surface area contributed by atoms with Crippen LogP contribution in [0.4, 0.5) is 0 Å². The van der Waals surface area contributed by atoms with Crippen LogP contribution in [0.25, 0.3) is 10.8 Å². The highest BCUT2D eigenvalue weighted by molar-refractivity contribution is 7.10. The summed E-state index contributed by atoms with van der Waals surface area (Å²) in [6.07, 6.45) is 3.97. The van der Waals surface area contributed by atoms with Crippen molar-refractivity contribution in [3.63, 3.8) is 0 Å². The summed E-state index contributed by atoms with van der Waals surface area (Å²) in [4.78, 5) is 17.5. The normalized spacial score (nSPS) is 10.7. The van der Waals surface area contributed by atoms with Crippen LogP contribution in [0.3, 0.4) is 0 Å². The molecule has 0 aliphatic rings. The van der Waals surface area contributed by atoms with E-state index >= 15 is 0 Å². The van der Waals surface area contributed by atoms with Gasteiger partial charge in [0.1, 0.15) is 0 Å². The molecule has 0 aliphatic carbocycles. The minimum absolute atomic E-state index is 0.149. The van der Waals surface area contributed by atoms with E-state index in [1.807, 2.05) is 41.8 Å². The number of rotatable bonds is 3. The molecular weight excluding hydrogens is 242 g/mol. The molecule has 0 unspecified atom stereocenters. The topological polar surface area (TPSA) is 30.0 Å². The third kappa shape index (κ3) is 2.05. The van der Waals surface area contributed by atoms with Crippen molar-refractivity contribution in [3.8, 4) is 0 Å². The summed E-state index contributed by atoms with van der Waals surface area (Å²) in [5.74, 6) is 0.149. The van der Waals surface area contributed by atoms with E-state index in [2.05, 4.69) is 4.98 Å². The van der Waals surface area contributed by atoms with Crippen molar-refractivity contribution in [1.82, 2.24) is 4.98 Å².